The number of carbonyl (C=O) groups excluding carboxylic acids is 2. The maximum absolute atomic E-state index is 9.61. The summed E-state index contributed by atoms with van der Waals surface area (Å²) in [5, 5.41) is 9.61. The van der Waals surface area contributed by atoms with E-state index in [1.54, 1.807) is 0 Å². The number of carboxylic acids is 1. The Labute approximate surface area is 75.0 Å². The van der Waals surface area contributed by atoms with Crippen molar-refractivity contribution in [2.75, 3.05) is 0 Å². The Hall–Kier alpha value is -0.0800. The van der Waals surface area contributed by atoms with E-state index in [0.717, 1.165) is 6.08 Å². The van der Waals surface area contributed by atoms with Crippen LogP contribution in [0, 0.1) is 0 Å². The number of aliphatic carboxylic acids is 1. The summed E-state index contributed by atoms with van der Waals surface area (Å²) in [7, 11) is 0. The fraction of sp³-hybridized carbons (Fsp3) is 0.400. The van der Waals surface area contributed by atoms with Crippen LogP contribution in [-0.2, 0) is 9.59 Å². The Kier molecular flexibility index (Phi) is 10.3. The summed E-state index contributed by atoms with van der Waals surface area (Å²) in [6.45, 7) is 0. The van der Waals surface area contributed by atoms with Gasteiger partial charge in [0, 0.05) is 12.0 Å². The minimum absolute atomic E-state index is 0. The van der Waals surface area contributed by atoms with Gasteiger partial charge in [-0.05, 0) is 12.8 Å². The second-order valence-electron chi connectivity index (χ2n) is 1.23. The molecule has 0 radical (unpaired) electrons. The summed E-state index contributed by atoms with van der Waals surface area (Å²) in [6, 6.07) is 0. The van der Waals surface area contributed by atoms with E-state index in [1.165, 1.54) is 5.94 Å². The van der Waals surface area contributed by atoms with Crippen molar-refractivity contribution in [3.05, 3.63) is 6.08 Å². The molecule has 0 atom stereocenters. The van der Waals surface area contributed by atoms with Crippen molar-refractivity contribution in [1.82, 2.24) is 0 Å². The molecule has 0 unspecified atom stereocenters. The van der Waals surface area contributed by atoms with Gasteiger partial charge in [-0.15, -0.1) is 0 Å². The third kappa shape index (κ3) is 11.5. The monoisotopic (exact) mass is 136 g/mol. The number of hydrogen-bond acceptors (Lipinski definition) is 3. The van der Waals surface area contributed by atoms with Gasteiger partial charge >= 0.3 is 29.6 Å². The molecule has 0 aliphatic rings. The normalized spacial score (nSPS) is 6.67. The molecule has 0 bridgehead atoms. The zero-order valence-electron chi connectivity index (χ0n) is 5.22. The van der Waals surface area contributed by atoms with E-state index in [4.69, 9.17) is 0 Å². The molecular formula is C5H5NaO3. The van der Waals surface area contributed by atoms with Crippen LogP contribution in [0.15, 0.2) is 6.08 Å². The van der Waals surface area contributed by atoms with Crippen molar-refractivity contribution in [2.45, 2.75) is 12.8 Å². The SMILES string of the molecule is O=C=CCCC(=O)[O-].[Na+]. The van der Waals surface area contributed by atoms with Crippen LogP contribution < -0.4 is 34.7 Å². The Balaban J connectivity index is 0. The Morgan fingerprint density at radius 2 is 2.22 bits per heavy atom. The van der Waals surface area contributed by atoms with Gasteiger partial charge in [-0.25, -0.2) is 4.79 Å². The molecule has 0 aliphatic carbocycles. The molecule has 0 aliphatic heterocycles. The van der Waals surface area contributed by atoms with E-state index < -0.39 is 5.97 Å². The molecule has 44 valence electrons. The average molecular weight is 136 g/mol. The van der Waals surface area contributed by atoms with E-state index >= 15 is 0 Å². The van der Waals surface area contributed by atoms with Crippen LogP contribution in [0.1, 0.15) is 12.8 Å². The molecule has 0 aromatic heterocycles. The quantitative estimate of drug-likeness (QED) is 0.293. The van der Waals surface area contributed by atoms with Gasteiger partial charge in [0.1, 0.15) is 5.94 Å². The minimum Gasteiger partial charge on any atom is -0.550 e. The molecule has 0 aromatic rings. The van der Waals surface area contributed by atoms with Crippen LogP contribution >= 0.6 is 0 Å². The topological polar surface area (TPSA) is 57.2 Å². The molecule has 4 heteroatoms. The van der Waals surface area contributed by atoms with Crippen LogP contribution in [0.2, 0.25) is 0 Å². The molecule has 0 aromatic carbocycles. The van der Waals surface area contributed by atoms with Crippen molar-refractivity contribution in [2.24, 2.45) is 0 Å². The van der Waals surface area contributed by atoms with Gasteiger partial charge in [0.2, 0.25) is 0 Å². The van der Waals surface area contributed by atoms with E-state index in [0.29, 0.717) is 0 Å². The smallest absolute Gasteiger partial charge is 0.550 e. The first-order valence-electron chi connectivity index (χ1n) is 2.16. The van der Waals surface area contributed by atoms with Gasteiger partial charge in [-0.2, -0.15) is 0 Å². The number of allylic oxidation sites excluding steroid dienone is 1. The largest absolute Gasteiger partial charge is 1.00 e. The summed E-state index contributed by atoms with van der Waals surface area (Å²) in [5.74, 6) is 0.315. The molecule has 0 fully saturated rings. The van der Waals surface area contributed by atoms with Crippen LogP contribution in [-0.4, -0.2) is 11.9 Å². The van der Waals surface area contributed by atoms with Crippen molar-refractivity contribution in [3.63, 3.8) is 0 Å². The van der Waals surface area contributed by atoms with Crippen LogP contribution in [0.25, 0.3) is 0 Å². The third-order valence-corrected chi connectivity index (χ3v) is 0.576. The summed E-state index contributed by atoms with van der Waals surface area (Å²) in [4.78, 5) is 19.0. The minimum atomic E-state index is -1.14. The predicted octanol–water partition coefficient (Wildman–Crippen LogP) is -4.09. The molecule has 0 rings (SSSR count). The van der Waals surface area contributed by atoms with Gasteiger partial charge in [0.05, 0.1) is 0 Å². The summed E-state index contributed by atoms with van der Waals surface area (Å²) in [6.07, 6.45) is 1.23. The number of carbonyl (C=O) groups is 1. The summed E-state index contributed by atoms with van der Waals surface area (Å²) in [5.41, 5.74) is 0. The van der Waals surface area contributed by atoms with E-state index in [1.807, 2.05) is 0 Å². The molecule has 0 N–H and O–H groups in total. The number of rotatable bonds is 3. The Morgan fingerprint density at radius 1 is 1.67 bits per heavy atom. The van der Waals surface area contributed by atoms with Crippen molar-refractivity contribution >= 4 is 11.9 Å². The zero-order valence-corrected chi connectivity index (χ0v) is 7.22. The van der Waals surface area contributed by atoms with Gasteiger partial charge in [-0.3, -0.25) is 0 Å². The van der Waals surface area contributed by atoms with Gasteiger partial charge in [0.25, 0.3) is 0 Å². The molecule has 3 nitrogen and oxygen atoms in total. The fourth-order valence-electron chi connectivity index (χ4n) is 0.249. The van der Waals surface area contributed by atoms with Crippen molar-refractivity contribution in [3.8, 4) is 0 Å². The maximum Gasteiger partial charge on any atom is 1.00 e. The first kappa shape index (κ1) is 11.7. The molecule has 0 heterocycles. The van der Waals surface area contributed by atoms with Crippen LogP contribution in [0.5, 0.6) is 0 Å². The zero-order chi connectivity index (χ0) is 6.41. The molecule has 0 saturated carbocycles. The Morgan fingerprint density at radius 3 is 2.56 bits per heavy atom. The predicted molar refractivity (Wildman–Crippen MR) is 24.5 cm³/mol. The van der Waals surface area contributed by atoms with Crippen molar-refractivity contribution in [1.29, 1.82) is 0 Å². The van der Waals surface area contributed by atoms with Crippen LogP contribution in [0.4, 0.5) is 0 Å². The van der Waals surface area contributed by atoms with E-state index in [2.05, 4.69) is 0 Å². The second kappa shape index (κ2) is 7.92. The molecule has 0 amide bonds. The standard InChI is InChI=1S/C5H6O3.Na/c6-4-2-1-3-5(7)8;/h2H,1,3H2,(H,7,8);/q;+1/p-1. The summed E-state index contributed by atoms with van der Waals surface area (Å²) < 4.78 is 0. The fourth-order valence-corrected chi connectivity index (χ4v) is 0.249. The van der Waals surface area contributed by atoms with Gasteiger partial charge in [0.15, 0.2) is 0 Å². The first-order valence-corrected chi connectivity index (χ1v) is 2.16. The second-order valence-corrected chi connectivity index (χ2v) is 1.23. The third-order valence-electron chi connectivity index (χ3n) is 0.576. The number of carboxylic acid groups (broad SMARTS) is 1. The molecule has 0 saturated heterocycles. The van der Waals surface area contributed by atoms with E-state index in [9.17, 15) is 14.7 Å². The van der Waals surface area contributed by atoms with Gasteiger partial charge in [-0.1, -0.05) is 0 Å². The molecular weight excluding hydrogens is 131 g/mol. The first-order chi connectivity index (χ1) is 3.77. The van der Waals surface area contributed by atoms with Crippen LogP contribution in [0.3, 0.4) is 0 Å². The summed E-state index contributed by atoms with van der Waals surface area (Å²) >= 11 is 0. The average Bonchev–Trinajstić information content (AvgIpc) is 1.66. The molecule has 0 spiro atoms. The van der Waals surface area contributed by atoms with E-state index in [-0.39, 0.29) is 42.4 Å². The number of hydrogen-bond donors (Lipinski definition) is 0. The van der Waals surface area contributed by atoms with Gasteiger partial charge < -0.3 is 9.90 Å². The maximum atomic E-state index is 9.61. The van der Waals surface area contributed by atoms with Crippen molar-refractivity contribution < 1.29 is 44.3 Å². The molecule has 9 heavy (non-hydrogen) atoms. The Bertz CT molecular complexity index is 124.